The first kappa shape index (κ1) is 12.0. The number of rotatable bonds is 4. The number of esters is 1. The van der Waals surface area contributed by atoms with Crippen molar-refractivity contribution in [1.82, 2.24) is 4.98 Å². The second-order valence-corrected chi connectivity index (χ2v) is 3.82. The third-order valence-electron chi connectivity index (χ3n) is 1.77. The van der Waals surface area contributed by atoms with E-state index in [1.165, 1.54) is 0 Å². The normalized spacial score (nSPS) is 9.80. The van der Waals surface area contributed by atoms with Crippen LogP contribution in [-0.4, -0.2) is 31.2 Å². The van der Waals surface area contributed by atoms with Gasteiger partial charge in [0.1, 0.15) is 12.4 Å². The standard InChI is InChI=1S/C10H13BrN2O2/c1-3-15-9(14)7-13(2)10-8(11)5-4-6-12-10/h4-6H,3,7H2,1-2H3. The van der Waals surface area contributed by atoms with E-state index >= 15 is 0 Å². The van der Waals surface area contributed by atoms with E-state index in [1.807, 2.05) is 12.1 Å². The summed E-state index contributed by atoms with van der Waals surface area (Å²) in [4.78, 5) is 17.1. The molecule has 0 spiro atoms. The van der Waals surface area contributed by atoms with Crippen LogP contribution in [0, 0.1) is 0 Å². The van der Waals surface area contributed by atoms with Crippen molar-refractivity contribution in [1.29, 1.82) is 0 Å². The van der Waals surface area contributed by atoms with Crippen LogP contribution in [-0.2, 0) is 9.53 Å². The Kier molecular flexibility index (Phi) is 4.55. The quantitative estimate of drug-likeness (QED) is 0.785. The Labute approximate surface area is 97.4 Å². The van der Waals surface area contributed by atoms with Gasteiger partial charge in [0.05, 0.1) is 11.1 Å². The largest absolute Gasteiger partial charge is 0.465 e. The molecule has 0 unspecified atom stereocenters. The highest BCUT2D eigenvalue weighted by atomic mass is 79.9. The van der Waals surface area contributed by atoms with Crippen LogP contribution in [0.1, 0.15) is 6.92 Å². The van der Waals surface area contributed by atoms with Crippen molar-refractivity contribution in [3.05, 3.63) is 22.8 Å². The lowest BCUT2D eigenvalue weighted by Crippen LogP contribution is -2.28. The minimum absolute atomic E-state index is 0.198. The summed E-state index contributed by atoms with van der Waals surface area (Å²) in [5, 5.41) is 0. The number of carbonyl (C=O) groups is 1. The van der Waals surface area contributed by atoms with Crippen molar-refractivity contribution >= 4 is 27.7 Å². The molecular weight excluding hydrogens is 260 g/mol. The van der Waals surface area contributed by atoms with Crippen molar-refractivity contribution in [2.24, 2.45) is 0 Å². The first-order chi connectivity index (χ1) is 7.15. The molecule has 82 valence electrons. The Bertz CT molecular complexity index is 344. The number of nitrogens with zero attached hydrogens (tertiary/aromatic N) is 2. The van der Waals surface area contributed by atoms with E-state index in [4.69, 9.17) is 4.74 Å². The van der Waals surface area contributed by atoms with Gasteiger partial charge in [0.25, 0.3) is 0 Å². The van der Waals surface area contributed by atoms with Gasteiger partial charge in [-0.2, -0.15) is 0 Å². The highest BCUT2D eigenvalue weighted by Gasteiger charge is 2.11. The highest BCUT2D eigenvalue weighted by Crippen LogP contribution is 2.21. The van der Waals surface area contributed by atoms with Crippen LogP contribution in [0.5, 0.6) is 0 Å². The van der Waals surface area contributed by atoms with Gasteiger partial charge < -0.3 is 9.64 Å². The zero-order valence-corrected chi connectivity index (χ0v) is 10.3. The van der Waals surface area contributed by atoms with Crippen molar-refractivity contribution < 1.29 is 9.53 Å². The molecule has 1 aromatic heterocycles. The third-order valence-corrected chi connectivity index (χ3v) is 2.39. The van der Waals surface area contributed by atoms with Crippen LogP contribution < -0.4 is 4.90 Å². The SMILES string of the molecule is CCOC(=O)CN(C)c1ncccc1Br. The van der Waals surface area contributed by atoms with Crippen LogP contribution in [0.25, 0.3) is 0 Å². The Morgan fingerprint density at radius 1 is 1.67 bits per heavy atom. The number of anilines is 1. The molecule has 0 saturated heterocycles. The maximum Gasteiger partial charge on any atom is 0.325 e. The Morgan fingerprint density at radius 2 is 2.40 bits per heavy atom. The number of likely N-dealkylation sites (N-methyl/N-ethyl adjacent to an activating group) is 1. The molecule has 15 heavy (non-hydrogen) atoms. The van der Waals surface area contributed by atoms with Gasteiger partial charge in [0, 0.05) is 13.2 Å². The molecule has 5 heteroatoms. The minimum Gasteiger partial charge on any atom is -0.465 e. The van der Waals surface area contributed by atoms with Gasteiger partial charge in [-0.1, -0.05) is 0 Å². The number of carbonyl (C=O) groups excluding carboxylic acids is 1. The van der Waals surface area contributed by atoms with E-state index in [0.717, 1.165) is 10.3 Å². The summed E-state index contributed by atoms with van der Waals surface area (Å²) in [5.74, 6) is 0.475. The first-order valence-corrected chi connectivity index (χ1v) is 5.41. The van der Waals surface area contributed by atoms with Crippen LogP contribution in [0.2, 0.25) is 0 Å². The monoisotopic (exact) mass is 272 g/mol. The molecule has 0 saturated carbocycles. The van der Waals surface area contributed by atoms with Crippen molar-refractivity contribution in [2.75, 3.05) is 25.1 Å². The molecule has 0 aromatic carbocycles. The highest BCUT2D eigenvalue weighted by molar-refractivity contribution is 9.10. The number of ether oxygens (including phenoxy) is 1. The number of pyridine rings is 1. The molecular formula is C10H13BrN2O2. The zero-order valence-electron chi connectivity index (χ0n) is 8.74. The maximum absolute atomic E-state index is 11.2. The molecule has 0 radical (unpaired) electrons. The van der Waals surface area contributed by atoms with Crippen LogP contribution in [0.15, 0.2) is 22.8 Å². The van der Waals surface area contributed by atoms with Gasteiger partial charge in [-0.05, 0) is 35.0 Å². The van der Waals surface area contributed by atoms with E-state index in [9.17, 15) is 4.79 Å². The fraction of sp³-hybridized carbons (Fsp3) is 0.400. The number of halogens is 1. The zero-order chi connectivity index (χ0) is 11.3. The Morgan fingerprint density at radius 3 is 3.00 bits per heavy atom. The molecule has 0 bridgehead atoms. The summed E-state index contributed by atoms with van der Waals surface area (Å²) in [6.45, 7) is 2.38. The number of hydrogen-bond acceptors (Lipinski definition) is 4. The summed E-state index contributed by atoms with van der Waals surface area (Å²) in [6, 6.07) is 3.70. The summed E-state index contributed by atoms with van der Waals surface area (Å²) in [7, 11) is 1.80. The van der Waals surface area contributed by atoms with Crippen molar-refractivity contribution in [3.8, 4) is 0 Å². The molecule has 4 nitrogen and oxygen atoms in total. The topological polar surface area (TPSA) is 42.4 Å². The molecule has 0 aliphatic rings. The van der Waals surface area contributed by atoms with E-state index in [0.29, 0.717) is 6.61 Å². The van der Waals surface area contributed by atoms with Crippen LogP contribution >= 0.6 is 15.9 Å². The van der Waals surface area contributed by atoms with Crippen molar-refractivity contribution in [2.45, 2.75) is 6.92 Å². The minimum atomic E-state index is -0.252. The molecule has 0 atom stereocenters. The van der Waals surface area contributed by atoms with Gasteiger partial charge in [-0.15, -0.1) is 0 Å². The van der Waals surface area contributed by atoms with Gasteiger partial charge in [-0.25, -0.2) is 4.98 Å². The molecule has 1 heterocycles. The molecule has 0 fully saturated rings. The summed E-state index contributed by atoms with van der Waals surface area (Å²) < 4.78 is 5.71. The summed E-state index contributed by atoms with van der Waals surface area (Å²) in [6.07, 6.45) is 1.68. The average Bonchev–Trinajstić information content (AvgIpc) is 2.18. The fourth-order valence-electron chi connectivity index (χ4n) is 1.13. The molecule has 1 aromatic rings. The number of hydrogen-bond donors (Lipinski definition) is 0. The number of aromatic nitrogens is 1. The Balaban J connectivity index is 2.65. The lowest BCUT2D eigenvalue weighted by atomic mass is 10.4. The summed E-state index contributed by atoms with van der Waals surface area (Å²) >= 11 is 3.37. The molecule has 0 N–H and O–H groups in total. The third kappa shape index (κ3) is 3.51. The van der Waals surface area contributed by atoms with Crippen LogP contribution in [0.4, 0.5) is 5.82 Å². The summed E-state index contributed by atoms with van der Waals surface area (Å²) in [5.41, 5.74) is 0. The molecule has 1 rings (SSSR count). The maximum atomic E-state index is 11.2. The Hall–Kier alpha value is -1.10. The first-order valence-electron chi connectivity index (χ1n) is 4.62. The van der Waals surface area contributed by atoms with E-state index in [2.05, 4.69) is 20.9 Å². The van der Waals surface area contributed by atoms with Crippen LogP contribution in [0.3, 0.4) is 0 Å². The average molecular weight is 273 g/mol. The molecule has 0 aliphatic carbocycles. The van der Waals surface area contributed by atoms with E-state index < -0.39 is 0 Å². The van der Waals surface area contributed by atoms with Gasteiger partial charge >= 0.3 is 5.97 Å². The van der Waals surface area contributed by atoms with Crippen molar-refractivity contribution in [3.63, 3.8) is 0 Å². The van der Waals surface area contributed by atoms with Gasteiger partial charge in [-0.3, -0.25) is 4.79 Å². The smallest absolute Gasteiger partial charge is 0.325 e. The lowest BCUT2D eigenvalue weighted by Gasteiger charge is -2.17. The second kappa shape index (κ2) is 5.70. The second-order valence-electron chi connectivity index (χ2n) is 2.97. The molecule has 0 aliphatic heterocycles. The van der Waals surface area contributed by atoms with Gasteiger partial charge in [0.15, 0.2) is 0 Å². The predicted molar refractivity (Wildman–Crippen MR) is 61.8 cm³/mol. The lowest BCUT2D eigenvalue weighted by molar-refractivity contribution is -0.141. The predicted octanol–water partition coefficient (Wildman–Crippen LogP) is 1.84. The molecule has 0 amide bonds. The van der Waals surface area contributed by atoms with E-state index in [1.54, 1.807) is 25.1 Å². The van der Waals surface area contributed by atoms with Gasteiger partial charge in [0.2, 0.25) is 0 Å². The van der Waals surface area contributed by atoms with E-state index in [-0.39, 0.29) is 12.5 Å². The fourth-order valence-corrected chi connectivity index (χ4v) is 1.69.